The molecular formula is C9H6Cl3NOS. The summed E-state index contributed by atoms with van der Waals surface area (Å²) >= 11 is 18.8. The fraction of sp³-hybridized carbons (Fsp3) is 0.222. The summed E-state index contributed by atoms with van der Waals surface area (Å²) in [4.78, 5) is 13.2. The van der Waals surface area contributed by atoms with Crippen LogP contribution in [0.1, 0.15) is 0 Å². The van der Waals surface area contributed by atoms with Crippen LogP contribution in [0.4, 0.5) is 5.69 Å². The fourth-order valence-electron chi connectivity index (χ4n) is 1.25. The third-order valence-corrected chi connectivity index (χ3v) is 4.23. The Kier molecular flexibility index (Phi) is 3.36. The van der Waals surface area contributed by atoms with Crippen molar-refractivity contribution < 1.29 is 4.79 Å². The molecule has 1 aromatic rings. The molecule has 15 heavy (non-hydrogen) atoms. The van der Waals surface area contributed by atoms with Crippen molar-refractivity contribution in [2.24, 2.45) is 0 Å². The van der Waals surface area contributed by atoms with Crippen molar-refractivity contribution in [1.29, 1.82) is 0 Å². The van der Waals surface area contributed by atoms with E-state index in [9.17, 15) is 4.79 Å². The van der Waals surface area contributed by atoms with Crippen molar-refractivity contribution in [3.05, 3.63) is 28.2 Å². The second kappa shape index (κ2) is 4.42. The second-order valence-electron chi connectivity index (χ2n) is 2.98. The van der Waals surface area contributed by atoms with Crippen LogP contribution in [-0.4, -0.2) is 16.5 Å². The van der Waals surface area contributed by atoms with E-state index >= 15 is 0 Å². The average molecular weight is 283 g/mol. The van der Waals surface area contributed by atoms with Crippen LogP contribution < -0.4 is 4.90 Å². The summed E-state index contributed by atoms with van der Waals surface area (Å²) in [6, 6.07) is 5.08. The van der Waals surface area contributed by atoms with Crippen LogP contribution in [0.2, 0.25) is 10.0 Å². The Balaban J connectivity index is 2.31. The molecule has 1 fully saturated rings. The molecule has 0 aromatic heterocycles. The zero-order valence-electron chi connectivity index (χ0n) is 7.41. The molecule has 1 amide bonds. The normalized spacial score (nSPS) is 21.1. The number of anilines is 1. The Morgan fingerprint density at radius 1 is 1.33 bits per heavy atom. The maximum Gasteiger partial charge on any atom is 0.256 e. The first-order valence-corrected chi connectivity index (χ1v) is 6.36. The van der Waals surface area contributed by atoms with Crippen molar-refractivity contribution in [3.63, 3.8) is 0 Å². The number of alkyl halides is 1. The molecule has 0 radical (unpaired) electrons. The summed E-state index contributed by atoms with van der Waals surface area (Å²) in [5.74, 6) is 0.436. The Hall–Kier alpha value is -0.0900. The van der Waals surface area contributed by atoms with Crippen molar-refractivity contribution in [3.8, 4) is 0 Å². The van der Waals surface area contributed by atoms with Crippen LogP contribution in [0.3, 0.4) is 0 Å². The molecule has 0 spiro atoms. The maximum atomic E-state index is 11.6. The SMILES string of the molecule is O=C1C(Cl)SCN1c1ccc(Cl)c(Cl)c1. The number of benzene rings is 1. The minimum atomic E-state index is -0.501. The van der Waals surface area contributed by atoms with E-state index in [-0.39, 0.29) is 5.91 Å². The minimum absolute atomic E-state index is 0.111. The van der Waals surface area contributed by atoms with Gasteiger partial charge in [-0.1, -0.05) is 23.2 Å². The van der Waals surface area contributed by atoms with Gasteiger partial charge in [-0.05, 0) is 18.2 Å². The number of nitrogens with zero attached hydrogens (tertiary/aromatic N) is 1. The van der Waals surface area contributed by atoms with Crippen molar-refractivity contribution in [1.82, 2.24) is 0 Å². The Labute approximate surface area is 106 Å². The quantitative estimate of drug-likeness (QED) is 0.734. The molecule has 2 rings (SSSR count). The highest BCUT2D eigenvalue weighted by atomic mass is 35.5. The lowest BCUT2D eigenvalue weighted by Gasteiger charge is -2.15. The maximum absolute atomic E-state index is 11.6. The van der Waals surface area contributed by atoms with E-state index in [1.807, 2.05) is 0 Å². The largest absolute Gasteiger partial charge is 0.301 e. The molecule has 1 atom stereocenters. The lowest BCUT2D eigenvalue weighted by molar-refractivity contribution is -0.116. The van der Waals surface area contributed by atoms with Crippen LogP contribution >= 0.6 is 46.6 Å². The van der Waals surface area contributed by atoms with E-state index in [1.165, 1.54) is 11.8 Å². The number of hydrogen-bond donors (Lipinski definition) is 0. The number of thioether (sulfide) groups is 1. The monoisotopic (exact) mass is 281 g/mol. The summed E-state index contributed by atoms with van der Waals surface area (Å²) < 4.78 is -0.501. The third-order valence-electron chi connectivity index (χ3n) is 2.03. The molecule has 0 N–H and O–H groups in total. The molecule has 1 saturated heterocycles. The molecular weight excluding hydrogens is 277 g/mol. The first-order valence-electron chi connectivity index (χ1n) is 4.11. The number of carbonyl (C=O) groups is 1. The van der Waals surface area contributed by atoms with Gasteiger partial charge in [-0.15, -0.1) is 23.4 Å². The van der Waals surface area contributed by atoms with Gasteiger partial charge in [0.25, 0.3) is 5.91 Å². The standard InChI is InChI=1S/C9H6Cl3NOS/c10-6-2-1-5(3-7(6)11)13-4-15-8(12)9(13)14/h1-3,8H,4H2. The van der Waals surface area contributed by atoms with Gasteiger partial charge in [0.2, 0.25) is 0 Å². The molecule has 0 bridgehead atoms. The highest BCUT2D eigenvalue weighted by molar-refractivity contribution is 8.02. The molecule has 1 aliphatic rings. The topological polar surface area (TPSA) is 20.3 Å². The summed E-state index contributed by atoms with van der Waals surface area (Å²) in [5.41, 5.74) is 0.727. The fourth-order valence-corrected chi connectivity index (χ4v) is 2.66. The van der Waals surface area contributed by atoms with Crippen LogP contribution in [0.25, 0.3) is 0 Å². The van der Waals surface area contributed by atoms with Crippen molar-refractivity contribution in [2.75, 3.05) is 10.8 Å². The van der Waals surface area contributed by atoms with Gasteiger partial charge >= 0.3 is 0 Å². The smallest absolute Gasteiger partial charge is 0.256 e. The van der Waals surface area contributed by atoms with Gasteiger partial charge in [-0.25, -0.2) is 0 Å². The molecule has 1 aromatic carbocycles. The molecule has 6 heteroatoms. The Morgan fingerprint density at radius 2 is 2.07 bits per heavy atom. The van der Waals surface area contributed by atoms with Crippen LogP contribution in [0.15, 0.2) is 18.2 Å². The zero-order valence-corrected chi connectivity index (χ0v) is 10.5. The van der Waals surface area contributed by atoms with E-state index in [0.29, 0.717) is 15.9 Å². The summed E-state index contributed by atoms with van der Waals surface area (Å²) in [6.07, 6.45) is 0. The lowest BCUT2D eigenvalue weighted by Crippen LogP contribution is -2.27. The van der Waals surface area contributed by atoms with Gasteiger partial charge in [0.05, 0.1) is 15.9 Å². The summed E-state index contributed by atoms with van der Waals surface area (Å²) in [7, 11) is 0. The van der Waals surface area contributed by atoms with E-state index in [4.69, 9.17) is 34.8 Å². The highest BCUT2D eigenvalue weighted by Crippen LogP contribution is 2.34. The van der Waals surface area contributed by atoms with Crippen LogP contribution in [0.5, 0.6) is 0 Å². The minimum Gasteiger partial charge on any atom is -0.301 e. The van der Waals surface area contributed by atoms with Gasteiger partial charge < -0.3 is 4.90 Å². The van der Waals surface area contributed by atoms with Crippen LogP contribution in [-0.2, 0) is 4.79 Å². The van der Waals surface area contributed by atoms with Crippen LogP contribution in [0, 0.1) is 0 Å². The van der Waals surface area contributed by atoms with Gasteiger partial charge in [-0.2, -0.15) is 0 Å². The second-order valence-corrected chi connectivity index (χ2v) is 5.55. The molecule has 2 nitrogen and oxygen atoms in total. The van der Waals surface area contributed by atoms with Gasteiger partial charge in [-0.3, -0.25) is 4.79 Å². The average Bonchev–Trinajstić information content (AvgIpc) is 2.53. The molecule has 0 aliphatic carbocycles. The summed E-state index contributed by atoms with van der Waals surface area (Å²) in [5, 5.41) is 0.909. The zero-order chi connectivity index (χ0) is 11.0. The van der Waals surface area contributed by atoms with E-state index in [1.54, 1.807) is 23.1 Å². The number of halogens is 3. The molecule has 1 heterocycles. The van der Waals surface area contributed by atoms with Crippen molar-refractivity contribution in [2.45, 2.75) is 4.71 Å². The molecule has 1 aliphatic heterocycles. The molecule has 80 valence electrons. The molecule has 0 saturated carbocycles. The van der Waals surface area contributed by atoms with Crippen molar-refractivity contribution >= 4 is 58.2 Å². The molecule has 1 unspecified atom stereocenters. The Bertz CT molecular complexity index is 412. The summed E-state index contributed by atoms with van der Waals surface area (Å²) in [6.45, 7) is 0. The first kappa shape index (κ1) is 11.4. The predicted molar refractivity (Wildman–Crippen MR) is 66.0 cm³/mol. The Morgan fingerprint density at radius 3 is 2.60 bits per heavy atom. The number of carbonyl (C=O) groups excluding carboxylic acids is 1. The van der Waals surface area contributed by atoms with E-state index in [2.05, 4.69) is 0 Å². The predicted octanol–water partition coefficient (Wildman–Crippen LogP) is 3.60. The van der Waals surface area contributed by atoms with Gasteiger partial charge in [0.1, 0.15) is 0 Å². The third kappa shape index (κ3) is 2.21. The van der Waals surface area contributed by atoms with Gasteiger partial charge in [0, 0.05) is 5.69 Å². The lowest BCUT2D eigenvalue weighted by atomic mass is 10.3. The number of hydrogen-bond acceptors (Lipinski definition) is 2. The highest BCUT2D eigenvalue weighted by Gasteiger charge is 2.31. The number of amides is 1. The van der Waals surface area contributed by atoms with E-state index in [0.717, 1.165) is 5.69 Å². The first-order chi connectivity index (χ1) is 7.09. The van der Waals surface area contributed by atoms with Gasteiger partial charge in [0.15, 0.2) is 4.71 Å². The number of rotatable bonds is 1. The van der Waals surface area contributed by atoms with E-state index < -0.39 is 4.71 Å².